The highest BCUT2D eigenvalue weighted by molar-refractivity contribution is 6.17. The molecule has 1 amide bonds. The van der Waals surface area contributed by atoms with E-state index in [1.807, 2.05) is 13.0 Å². The minimum absolute atomic E-state index is 0.101. The molecule has 0 aliphatic carbocycles. The second kappa shape index (κ2) is 7.33. The second-order valence-corrected chi connectivity index (χ2v) is 4.81. The maximum absolute atomic E-state index is 11.6. The molecule has 0 aliphatic rings. The molecule has 0 heterocycles. The highest BCUT2D eigenvalue weighted by Gasteiger charge is 2.06. The molecular formula is C14H20ClNO. The first kappa shape index (κ1) is 14.0. The molecule has 1 unspecified atom stereocenters. The summed E-state index contributed by atoms with van der Waals surface area (Å²) < 4.78 is 0. The van der Waals surface area contributed by atoms with Crippen LogP contribution in [-0.4, -0.2) is 17.8 Å². The topological polar surface area (TPSA) is 29.1 Å². The van der Waals surface area contributed by atoms with E-state index in [1.54, 1.807) is 0 Å². The largest absolute Gasteiger partial charge is 0.354 e. The number of hydrogen-bond acceptors (Lipinski definition) is 1. The summed E-state index contributed by atoms with van der Waals surface area (Å²) in [6, 6.07) is 8.43. The molecule has 1 aromatic rings. The van der Waals surface area contributed by atoms with E-state index in [0.717, 1.165) is 12.8 Å². The lowest BCUT2D eigenvalue weighted by molar-refractivity contribution is -0.121. The van der Waals surface area contributed by atoms with E-state index in [-0.39, 0.29) is 11.9 Å². The first-order chi connectivity index (χ1) is 8.11. The number of rotatable bonds is 6. The van der Waals surface area contributed by atoms with Crippen LogP contribution in [0.3, 0.4) is 0 Å². The molecule has 3 heteroatoms. The van der Waals surface area contributed by atoms with Crippen LogP contribution in [0.15, 0.2) is 24.3 Å². The summed E-state index contributed by atoms with van der Waals surface area (Å²) in [5, 5.41) is 2.94. The van der Waals surface area contributed by atoms with Crippen molar-refractivity contribution >= 4 is 17.5 Å². The number of carbonyl (C=O) groups excluding carboxylic acids is 1. The summed E-state index contributed by atoms with van der Waals surface area (Å²) in [4.78, 5) is 11.6. The van der Waals surface area contributed by atoms with Crippen molar-refractivity contribution in [3.05, 3.63) is 35.4 Å². The molecule has 0 saturated heterocycles. The molecule has 0 fully saturated rings. The van der Waals surface area contributed by atoms with Gasteiger partial charge >= 0.3 is 0 Å². The van der Waals surface area contributed by atoms with Crippen molar-refractivity contribution in [3.8, 4) is 0 Å². The van der Waals surface area contributed by atoms with Crippen LogP contribution in [0, 0.1) is 6.92 Å². The molecule has 0 aliphatic heterocycles. The van der Waals surface area contributed by atoms with Gasteiger partial charge in [0, 0.05) is 18.3 Å². The first-order valence-corrected chi connectivity index (χ1v) is 6.56. The van der Waals surface area contributed by atoms with Crippen LogP contribution in [-0.2, 0) is 11.2 Å². The number of halogens is 1. The third-order valence-corrected chi connectivity index (χ3v) is 2.89. The molecule has 0 saturated carbocycles. The van der Waals surface area contributed by atoms with Gasteiger partial charge in [-0.3, -0.25) is 4.79 Å². The summed E-state index contributed by atoms with van der Waals surface area (Å²) in [5.41, 5.74) is 2.45. The summed E-state index contributed by atoms with van der Waals surface area (Å²) >= 11 is 5.62. The zero-order valence-electron chi connectivity index (χ0n) is 10.5. The number of benzene rings is 1. The molecule has 0 radical (unpaired) electrons. The number of nitrogens with one attached hydrogen (secondary N) is 1. The number of alkyl halides is 1. The fourth-order valence-electron chi connectivity index (χ4n) is 1.71. The third-order valence-electron chi connectivity index (χ3n) is 2.67. The number of carbonyl (C=O) groups is 1. The average molecular weight is 254 g/mol. The van der Waals surface area contributed by atoms with E-state index in [4.69, 9.17) is 11.6 Å². The Morgan fingerprint density at radius 1 is 1.47 bits per heavy atom. The molecule has 94 valence electrons. The average Bonchev–Trinajstić information content (AvgIpc) is 2.27. The Bertz CT molecular complexity index is 365. The summed E-state index contributed by atoms with van der Waals surface area (Å²) in [7, 11) is 0. The van der Waals surface area contributed by atoms with Gasteiger partial charge < -0.3 is 5.32 Å². The fraction of sp³-hybridized carbons (Fsp3) is 0.500. The number of hydrogen-bond donors (Lipinski definition) is 1. The van der Waals surface area contributed by atoms with Crippen LogP contribution >= 0.6 is 11.6 Å². The van der Waals surface area contributed by atoms with Gasteiger partial charge in [0.2, 0.25) is 5.91 Å². The van der Waals surface area contributed by atoms with Crippen molar-refractivity contribution in [3.63, 3.8) is 0 Å². The minimum atomic E-state index is 0.101. The van der Waals surface area contributed by atoms with Crippen molar-refractivity contribution < 1.29 is 4.79 Å². The van der Waals surface area contributed by atoms with Crippen LogP contribution < -0.4 is 5.32 Å². The summed E-state index contributed by atoms with van der Waals surface area (Å²) in [6.45, 7) is 4.04. The van der Waals surface area contributed by atoms with Crippen molar-refractivity contribution in [2.75, 3.05) is 5.88 Å². The lowest BCUT2D eigenvalue weighted by atomic mass is 10.1. The molecule has 2 nitrogen and oxygen atoms in total. The molecule has 0 spiro atoms. The minimum Gasteiger partial charge on any atom is -0.354 e. The molecule has 1 N–H and O–H groups in total. The molecule has 1 aromatic carbocycles. The van der Waals surface area contributed by atoms with E-state index in [1.165, 1.54) is 11.1 Å². The zero-order valence-corrected chi connectivity index (χ0v) is 11.3. The van der Waals surface area contributed by atoms with Gasteiger partial charge in [0.05, 0.1) is 0 Å². The summed E-state index contributed by atoms with van der Waals surface area (Å²) in [5.74, 6) is 0.684. The van der Waals surface area contributed by atoms with Gasteiger partial charge in [-0.1, -0.05) is 29.8 Å². The highest BCUT2D eigenvalue weighted by Crippen LogP contribution is 2.06. The first-order valence-electron chi connectivity index (χ1n) is 6.02. The predicted octanol–water partition coefficient (Wildman–Crippen LogP) is 3.06. The van der Waals surface area contributed by atoms with Crippen molar-refractivity contribution in [1.29, 1.82) is 0 Å². The maximum Gasteiger partial charge on any atom is 0.220 e. The normalized spacial score (nSPS) is 12.2. The van der Waals surface area contributed by atoms with Crippen LogP contribution in [0.5, 0.6) is 0 Å². The van der Waals surface area contributed by atoms with Gasteiger partial charge in [0.1, 0.15) is 0 Å². The van der Waals surface area contributed by atoms with Crippen LogP contribution in [0.4, 0.5) is 0 Å². The zero-order chi connectivity index (χ0) is 12.7. The Kier molecular flexibility index (Phi) is 6.06. The van der Waals surface area contributed by atoms with Crippen LogP contribution in [0.25, 0.3) is 0 Å². The lowest BCUT2D eigenvalue weighted by Crippen LogP contribution is -2.32. The molecular weight excluding hydrogens is 234 g/mol. The van der Waals surface area contributed by atoms with Crippen LogP contribution in [0.1, 0.15) is 30.9 Å². The maximum atomic E-state index is 11.6. The van der Waals surface area contributed by atoms with Gasteiger partial charge in [-0.15, -0.1) is 11.6 Å². The highest BCUT2D eigenvalue weighted by atomic mass is 35.5. The molecule has 1 rings (SSSR count). The second-order valence-electron chi connectivity index (χ2n) is 4.44. The van der Waals surface area contributed by atoms with Gasteiger partial charge in [-0.25, -0.2) is 0 Å². The molecule has 17 heavy (non-hydrogen) atoms. The fourth-order valence-corrected chi connectivity index (χ4v) is 2.04. The smallest absolute Gasteiger partial charge is 0.220 e. The lowest BCUT2D eigenvalue weighted by Gasteiger charge is -2.12. The van der Waals surface area contributed by atoms with E-state index in [9.17, 15) is 4.79 Å². The van der Waals surface area contributed by atoms with Gasteiger partial charge in [0.15, 0.2) is 0 Å². The predicted molar refractivity (Wildman–Crippen MR) is 72.4 cm³/mol. The Morgan fingerprint density at radius 3 is 2.88 bits per heavy atom. The molecule has 0 aromatic heterocycles. The van der Waals surface area contributed by atoms with Crippen molar-refractivity contribution in [2.45, 2.75) is 39.2 Å². The SMILES string of the molecule is Cc1cccc(CCC(=O)NC(C)CCCl)c1. The number of aryl methyl sites for hydroxylation is 2. The van der Waals surface area contributed by atoms with E-state index >= 15 is 0 Å². The Balaban J connectivity index is 2.33. The van der Waals surface area contributed by atoms with Crippen molar-refractivity contribution in [1.82, 2.24) is 5.32 Å². The standard InChI is InChI=1S/C14H20ClNO/c1-11-4-3-5-13(10-11)6-7-14(17)16-12(2)8-9-15/h3-5,10,12H,6-9H2,1-2H3,(H,16,17). The Hall–Kier alpha value is -1.02. The molecule has 0 bridgehead atoms. The van der Waals surface area contributed by atoms with Gasteiger partial charge in [-0.05, 0) is 32.3 Å². The Labute approximate surface area is 108 Å². The van der Waals surface area contributed by atoms with Crippen molar-refractivity contribution in [2.24, 2.45) is 0 Å². The summed E-state index contributed by atoms with van der Waals surface area (Å²) in [6.07, 6.45) is 2.15. The monoisotopic (exact) mass is 253 g/mol. The third kappa shape index (κ3) is 5.73. The van der Waals surface area contributed by atoms with Gasteiger partial charge in [-0.2, -0.15) is 0 Å². The Morgan fingerprint density at radius 2 is 2.24 bits per heavy atom. The van der Waals surface area contributed by atoms with Crippen LogP contribution in [0.2, 0.25) is 0 Å². The van der Waals surface area contributed by atoms with Gasteiger partial charge in [0.25, 0.3) is 0 Å². The van der Waals surface area contributed by atoms with E-state index < -0.39 is 0 Å². The van der Waals surface area contributed by atoms with E-state index in [2.05, 4.69) is 30.4 Å². The molecule has 1 atom stereocenters. The number of amides is 1. The van der Waals surface area contributed by atoms with E-state index in [0.29, 0.717) is 12.3 Å². The quantitative estimate of drug-likeness (QED) is 0.776.